The average Bonchev–Trinajstić information content (AvgIpc) is 3.39. The van der Waals surface area contributed by atoms with E-state index in [2.05, 4.69) is 15.1 Å². The van der Waals surface area contributed by atoms with E-state index in [1.165, 1.54) is 18.2 Å². The van der Waals surface area contributed by atoms with Crippen molar-refractivity contribution in [1.29, 1.82) is 0 Å². The standard InChI is InChI=1S/C28H29Cl2N5O4S2/c1-2-3-12-39-28(36)19-35(41(37,38)24-17-21(29)16-22(30)18-24)23-4-5-25-20(15-23)8-9-34(25)27-7-6-26(31-32-27)33-10-13-40-14-11-33/h4-9,15-18H,2-3,10-14,19H2,1H3. The van der Waals surface area contributed by atoms with Crippen LogP contribution in [0.25, 0.3) is 16.7 Å². The van der Waals surface area contributed by atoms with E-state index in [-0.39, 0.29) is 21.5 Å². The molecule has 13 heteroatoms. The Labute approximate surface area is 253 Å². The minimum Gasteiger partial charge on any atom is -0.464 e. The number of anilines is 2. The van der Waals surface area contributed by atoms with Gasteiger partial charge in [0.2, 0.25) is 0 Å². The normalized spacial score (nSPS) is 13.9. The van der Waals surface area contributed by atoms with E-state index < -0.39 is 22.5 Å². The van der Waals surface area contributed by atoms with Crippen LogP contribution in [0, 0.1) is 0 Å². The second kappa shape index (κ2) is 12.9. The van der Waals surface area contributed by atoms with Crippen LogP contribution in [0.1, 0.15) is 19.8 Å². The number of carbonyl (C=O) groups is 1. The Bertz CT molecular complexity index is 1620. The number of sulfonamides is 1. The van der Waals surface area contributed by atoms with Crippen LogP contribution >= 0.6 is 35.0 Å². The highest BCUT2D eigenvalue weighted by molar-refractivity contribution is 7.99. The van der Waals surface area contributed by atoms with Crippen molar-refractivity contribution in [3.8, 4) is 5.82 Å². The fraction of sp³-hybridized carbons (Fsp3) is 0.321. The van der Waals surface area contributed by atoms with Gasteiger partial charge in [0.15, 0.2) is 11.6 Å². The lowest BCUT2D eigenvalue weighted by Gasteiger charge is -2.26. The first-order valence-corrected chi connectivity index (χ1v) is 16.5. The van der Waals surface area contributed by atoms with Gasteiger partial charge in [-0.3, -0.25) is 13.7 Å². The lowest BCUT2D eigenvalue weighted by molar-refractivity contribution is -0.141. The highest BCUT2D eigenvalue weighted by Crippen LogP contribution is 2.31. The molecular weight excluding hydrogens is 605 g/mol. The highest BCUT2D eigenvalue weighted by atomic mass is 35.5. The molecular formula is C28H29Cl2N5O4S2. The third-order valence-corrected chi connectivity index (χ3v) is 9.77. The van der Waals surface area contributed by atoms with Crippen molar-refractivity contribution in [2.45, 2.75) is 24.7 Å². The van der Waals surface area contributed by atoms with E-state index in [0.29, 0.717) is 17.9 Å². The number of thioether (sulfide) groups is 1. The summed E-state index contributed by atoms with van der Waals surface area (Å²) in [5, 5.41) is 9.97. The summed E-state index contributed by atoms with van der Waals surface area (Å²) < 4.78 is 35.8. The van der Waals surface area contributed by atoms with Crippen molar-refractivity contribution in [3.05, 3.63) is 70.8 Å². The van der Waals surface area contributed by atoms with Crippen molar-refractivity contribution < 1.29 is 17.9 Å². The first-order chi connectivity index (χ1) is 19.8. The topological polar surface area (TPSA) is 97.6 Å². The highest BCUT2D eigenvalue weighted by Gasteiger charge is 2.29. The zero-order valence-electron chi connectivity index (χ0n) is 22.4. The van der Waals surface area contributed by atoms with E-state index in [1.54, 1.807) is 18.2 Å². The predicted octanol–water partition coefficient (Wildman–Crippen LogP) is 5.82. The fourth-order valence-electron chi connectivity index (χ4n) is 4.51. The average molecular weight is 635 g/mol. The minimum atomic E-state index is -4.23. The number of hydrogen-bond donors (Lipinski definition) is 0. The number of benzene rings is 2. The maximum atomic E-state index is 13.8. The summed E-state index contributed by atoms with van der Waals surface area (Å²) in [6.07, 6.45) is 3.38. The zero-order valence-corrected chi connectivity index (χ0v) is 25.5. The molecule has 2 aromatic heterocycles. The van der Waals surface area contributed by atoms with E-state index in [1.807, 2.05) is 47.6 Å². The molecule has 2 aromatic carbocycles. The smallest absolute Gasteiger partial charge is 0.326 e. The number of hydrogen-bond acceptors (Lipinski definition) is 8. The zero-order chi connectivity index (χ0) is 29.0. The van der Waals surface area contributed by atoms with Gasteiger partial charge < -0.3 is 9.64 Å². The first-order valence-electron chi connectivity index (χ1n) is 13.2. The lowest BCUT2D eigenvalue weighted by atomic mass is 10.2. The number of esters is 1. The van der Waals surface area contributed by atoms with Gasteiger partial charge in [-0.2, -0.15) is 11.8 Å². The molecule has 0 aliphatic carbocycles. The van der Waals surface area contributed by atoms with Crippen molar-refractivity contribution >= 4 is 73.4 Å². The Morgan fingerprint density at radius 2 is 1.71 bits per heavy atom. The van der Waals surface area contributed by atoms with Gasteiger partial charge in [-0.25, -0.2) is 8.42 Å². The Morgan fingerprint density at radius 3 is 2.39 bits per heavy atom. The maximum absolute atomic E-state index is 13.8. The molecule has 0 bridgehead atoms. The molecule has 9 nitrogen and oxygen atoms in total. The second-order valence-corrected chi connectivity index (χ2v) is 13.4. The van der Waals surface area contributed by atoms with Crippen molar-refractivity contribution in [1.82, 2.24) is 14.8 Å². The van der Waals surface area contributed by atoms with Gasteiger partial charge in [0.1, 0.15) is 6.54 Å². The predicted molar refractivity (Wildman–Crippen MR) is 165 cm³/mol. The Balaban J connectivity index is 1.47. The molecule has 1 fully saturated rings. The summed E-state index contributed by atoms with van der Waals surface area (Å²) in [6, 6.07) is 14.9. The van der Waals surface area contributed by atoms with Crippen LogP contribution in [0.5, 0.6) is 0 Å². The number of aromatic nitrogens is 3. The molecule has 3 heterocycles. The molecule has 5 rings (SSSR count). The molecule has 0 spiro atoms. The van der Waals surface area contributed by atoms with Gasteiger partial charge >= 0.3 is 5.97 Å². The number of halogens is 2. The van der Waals surface area contributed by atoms with Gasteiger partial charge in [0, 0.05) is 46.2 Å². The van der Waals surface area contributed by atoms with Crippen LogP contribution < -0.4 is 9.21 Å². The van der Waals surface area contributed by atoms with Crippen molar-refractivity contribution in [3.63, 3.8) is 0 Å². The molecule has 1 aliphatic rings. The summed E-state index contributed by atoms with van der Waals surface area (Å²) in [7, 11) is -4.23. The second-order valence-electron chi connectivity index (χ2n) is 9.47. The molecule has 216 valence electrons. The van der Waals surface area contributed by atoms with Crippen LogP contribution in [-0.2, 0) is 19.6 Å². The molecule has 1 aliphatic heterocycles. The molecule has 41 heavy (non-hydrogen) atoms. The molecule has 0 N–H and O–H groups in total. The van der Waals surface area contributed by atoms with E-state index in [9.17, 15) is 13.2 Å². The Morgan fingerprint density at radius 1 is 1.00 bits per heavy atom. The third-order valence-electron chi connectivity index (χ3n) is 6.64. The van der Waals surface area contributed by atoms with Crippen LogP contribution in [0.3, 0.4) is 0 Å². The molecule has 0 amide bonds. The van der Waals surface area contributed by atoms with E-state index in [0.717, 1.165) is 52.0 Å². The summed E-state index contributed by atoms with van der Waals surface area (Å²) in [5.74, 6) is 2.97. The van der Waals surface area contributed by atoms with Gasteiger partial charge in [-0.05, 0) is 61.0 Å². The number of rotatable bonds is 10. The molecule has 0 radical (unpaired) electrons. The molecule has 1 saturated heterocycles. The maximum Gasteiger partial charge on any atom is 0.326 e. The third kappa shape index (κ3) is 6.74. The summed E-state index contributed by atoms with van der Waals surface area (Å²) >= 11 is 14.2. The monoisotopic (exact) mass is 633 g/mol. The van der Waals surface area contributed by atoms with Gasteiger partial charge in [-0.1, -0.05) is 36.5 Å². The van der Waals surface area contributed by atoms with E-state index >= 15 is 0 Å². The SMILES string of the molecule is CCCCOC(=O)CN(c1ccc2c(ccn2-c2ccc(N3CCSCC3)nn2)c1)S(=O)(=O)c1cc(Cl)cc(Cl)c1. The number of unbranched alkanes of at least 4 members (excludes halogenated alkanes) is 1. The lowest BCUT2D eigenvalue weighted by Crippen LogP contribution is -2.36. The van der Waals surface area contributed by atoms with Crippen LogP contribution in [0.4, 0.5) is 11.5 Å². The Kier molecular flexibility index (Phi) is 9.28. The first kappa shape index (κ1) is 29.5. The minimum absolute atomic E-state index is 0.128. The van der Waals surface area contributed by atoms with Gasteiger partial charge in [0.25, 0.3) is 10.0 Å². The van der Waals surface area contributed by atoms with Gasteiger partial charge in [0.05, 0.1) is 22.7 Å². The molecule has 0 saturated carbocycles. The van der Waals surface area contributed by atoms with Gasteiger partial charge in [-0.15, -0.1) is 10.2 Å². The molecule has 0 unspecified atom stereocenters. The van der Waals surface area contributed by atoms with Crippen LogP contribution in [0.2, 0.25) is 10.0 Å². The number of fused-ring (bicyclic) bond motifs is 1. The largest absolute Gasteiger partial charge is 0.464 e. The quantitative estimate of drug-likeness (QED) is 0.159. The summed E-state index contributed by atoms with van der Waals surface area (Å²) in [6.45, 7) is 3.57. The summed E-state index contributed by atoms with van der Waals surface area (Å²) in [4.78, 5) is 14.8. The summed E-state index contributed by atoms with van der Waals surface area (Å²) in [5.41, 5.74) is 1.10. The Hall–Kier alpha value is -2.99. The number of carbonyl (C=O) groups excluding carboxylic acids is 1. The van der Waals surface area contributed by atoms with Crippen LogP contribution in [0.15, 0.2) is 65.7 Å². The van der Waals surface area contributed by atoms with Crippen LogP contribution in [-0.4, -0.2) is 66.9 Å². The van der Waals surface area contributed by atoms with Crippen molar-refractivity contribution in [2.75, 3.05) is 47.0 Å². The van der Waals surface area contributed by atoms with E-state index in [4.69, 9.17) is 27.9 Å². The fourth-order valence-corrected chi connectivity index (χ4v) is 7.54. The molecule has 0 atom stereocenters. The number of nitrogens with zero attached hydrogens (tertiary/aromatic N) is 5. The molecule has 4 aromatic rings. The van der Waals surface area contributed by atoms with Crippen molar-refractivity contribution in [2.24, 2.45) is 0 Å². The number of ether oxygens (including phenoxy) is 1.